The summed E-state index contributed by atoms with van der Waals surface area (Å²) in [5, 5.41) is 19.6. The van der Waals surface area contributed by atoms with Crippen LogP contribution in [0.2, 0.25) is 0 Å². The van der Waals surface area contributed by atoms with Gasteiger partial charge >= 0.3 is 0 Å². The van der Waals surface area contributed by atoms with Gasteiger partial charge in [0.2, 0.25) is 0 Å². The fourth-order valence-corrected chi connectivity index (χ4v) is 6.74. The van der Waals surface area contributed by atoms with E-state index in [1.54, 1.807) is 0 Å². The number of fused-ring (bicyclic) bond motifs is 4. The summed E-state index contributed by atoms with van der Waals surface area (Å²) in [6.45, 7) is 19.8. The molecule has 4 heteroatoms. The van der Waals surface area contributed by atoms with Crippen LogP contribution in [-0.2, 0) is 31.9 Å². The standard InChI is InChI=1S/C26H24N.C12H26NO.Ir/c1-16(2)13-17-11-12-19-15-27-25-20-9-5-7-18-8-6-10-22(23(18)20)26(3,4)24(25)21(19)14-17;1-6-11(7-2)12(14)8-10(5)13-9(3)4;/h5-8,10-12,14-16H,13H2,1-4H3;9-12,14H,6-8H2,1-5H3;/q2*-1;. The van der Waals surface area contributed by atoms with Crippen molar-refractivity contribution in [1.29, 1.82) is 0 Å². The van der Waals surface area contributed by atoms with E-state index in [9.17, 15) is 5.11 Å². The molecule has 1 aromatic heterocycles. The van der Waals surface area contributed by atoms with Gasteiger partial charge < -0.3 is 15.4 Å². The van der Waals surface area contributed by atoms with Crippen LogP contribution in [-0.4, -0.2) is 28.3 Å². The third kappa shape index (κ3) is 7.33. The summed E-state index contributed by atoms with van der Waals surface area (Å²) in [6.07, 6.45) is 5.89. The zero-order valence-corrected chi connectivity index (χ0v) is 29.5. The van der Waals surface area contributed by atoms with Crippen molar-refractivity contribution in [2.24, 2.45) is 11.8 Å². The van der Waals surface area contributed by atoms with Gasteiger partial charge in [-0.2, -0.15) is 0 Å². The Kier molecular flexibility index (Phi) is 11.9. The molecule has 1 radical (unpaired) electrons. The predicted octanol–water partition coefficient (Wildman–Crippen LogP) is 10.0. The van der Waals surface area contributed by atoms with E-state index in [4.69, 9.17) is 4.98 Å². The molecule has 2 unspecified atom stereocenters. The van der Waals surface area contributed by atoms with E-state index in [0.717, 1.165) is 36.9 Å². The monoisotopic (exact) mass is 743 g/mol. The quantitative estimate of drug-likeness (QED) is 0.174. The Labute approximate surface area is 268 Å². The van der Waals surface area contributed by atoms with Gasteiger partial charge in [-0.3, -0.25) is 0 Å². The Bertz CT molecular complexity index is 1470. The Hall–Kier alpha value is -2.10. The number of hydrogen-bond donors (Lipinski definition) is 1. The van der Waals surface area contributed by atoms with Crippen LogP contribution < -0.4 is 0 Å². The Morgan fingerprint density at radius 2 is 1.67 bits per heavy atom. The maximum atomic E-state index is 9.93. The fraction of sp³-hybridized carbons (Fsp3) is 0.500. The van der Waals surface area contributed by atoms with Crippen molar-refractivity contribution in [3.63, 3.8) is 0 Å². The third-order valence-electron chi connectivity index (χ3n) is 8.70. The van der Waals surface area contributed by atoms with Crippen LogP contribution in [0.25, 0.3) is 38.1 Å². The first kappa shape index (κ1) is 34.4. The molecule has 0 fully saturated rings. The van der Waals surface area contributed by atoms with Crippen molar-refractivity contribution in [3.8, 4) is 11.3 Å². The molecule has 3 aromatic carbocycles. The Morgan fingerprint density at radius 3 is 2.31 bits per heavy atom. The second-order valence-electron chi connectivity index (χ2n) is 13.2. The molecule has 0 amide bonds. The normalized spacial score (nSPS) is 14.9. The molecule has 229 valence electrons. The summed E-state index contributed by atoms with van der Waals surface area (Å²) in [7, 11) is 0. The summed E-state index contributed by atoms with van der Waals surface area (Å²) in [4.78, 5) is 4.93. The zero-order valence-electron chi connectivity index (χ0n) is 27.1. The summed E-state index contributed by atoms with van der Waals surface area (Å²) in [6, 6.07) is 21.9. The minimum absolute atomic E-state index is 0. The van der Waals surface area contributed by atoms with E-state index in [0.29, 0.717) is 17.9 Å². The molecule has 3 nitrogen and oxygen atoms in total. The van der Waals surface area contributed by atoms with Gasteiger partial charge in [-0.15, -0.1) is 41.2 Å². The maximum Gasteiger partial charge on any atom is 0.0554 e. The first-order valence-electron chi connectivity index (χ1n) is 15.7. The molecule has 2 atom stereocenters. The molecule has 1 aliphatic carbocycles. The molecule has 5 rings (SSSR count). The van der Waals surface area contributed by atoms with E-state index in [2.05, 4.69) is 116 Å². The Morgan fingerprint density at radius 1 is 0.952 bits per heavy atom. The van der Waals surface area contributed by atoms with E-state index < -0.39 is 0 Å². The number of aliphatic hydroxyl groups is 1. The van der Waals surface area contributed by atoms with E-state index in [1.807, 2.05) is 12.3 Å². The van der Waals surface area contributed by atoms with Gasteiger partial charge in [-0.1, -0.05) is 123 Å². The smallest absolute Gasteiger partial charge is 0.0554 e. The summed E-state index contributed by atoms with van der Waals surface area (Å²) in [5.74, 6) is 1.09. The van der Waals surface area contributed by atoms with Gasteiger partial charge in [-0.05, 0) is 52.3 Å². The minimum Gasteiger partial charge on any atom is -0.657 e. The van der Waals surface area contributed by atoms with Crippen LogP contribution >= 0.6 is 0 Å². The molecular formula is C38H50IrN2O-2. The summed E-state index contributed by atoms with van der Waals surface area (Å²) >= 11 is 0. The van der Waals surface area contributed by atoms with Crippen molar-refractivity contribution in [1.82, 2.24) is 4.98 Å². The molecule has 0 saturated carbocycles. The number of benzene rings is 3. The number of hydrogen-bond acceptors (Lipinski definition) is 2. The summed E-state index contributed by atoms with van der Waals surface area (Å²) < 4.78 is 0. The molecule has 0 spiro atoms. The average Bonchev–Trinajstić information content (AvgIpc) is 2.91. The zero-order chi connectivity index (χ0) is 29.9. The first-order valence-corrected chi connectivity index (χ1v) is 15.7. The second-order valence-corrected chi connectivity index (χ2v) is 13.2. The number of nitrogens with zero attached hydrogens (tertiary/aromatic N) is 2. The fourth-order valence-electron chi connectivity index (χ4n) is 6.74. The van der Waals surface area contributed by atoms with Gasteiger partial charge in [0.25, 0.3) is 0 Å². The number of pyridine rings is 1. The molecule has 1 N–H and O–H groups in total. The molecule has 0 bridgehead atoms. The van der Waals surface area contributed by atoms with Crippen LogP contribution in [0, 0.1) is 17.9 Å². The molecule has 4 aromatic rings. The van der Waals surface area contributed by atoms with Crippen molar-refractivity contribution < 1.29 is 25.2 Å². The molecule has 42 heavy (non-hydrogen) atoms. The van der Waals surface area contributed by atoms with Crippen LogP contribution in [0.1, 0.15) is 98.3 Å². The van der Waals surface area contributed by atoms with Gasteiger partial charge in [0.15, 0.2) is 0 Å². The van der Waals surface area contributed by atoms with Crippen molar-refractivity contribution in [2.75, 3.05) is 0 Å². The van der Waals surface area contributed by atoms with Gasteiger partial charge in [-0.25, -0.2) is 0 Å². The number of aromatic nitrogens is 1. The third-order valence-corrected chi connectivity index (χ3v) is 8.70. The summed E-state index contributed by atoms with van der Waals surface area (Å²) in [5.41, 5.74) is 6.27. The van der Waals surface area contributed by atoms with Gasteiger partial charge in [0, 0.05) is 31.7 Å². The van der Waals surface area contributed by atoms with Gasteiger partial charge in [0.1, 0.15) is 0 Å². The molecule has 1 heterocycles. The van der Waals surface area contributed by atoms with Crippen molar-refractivity contribution in [3.05, 3.63) is 82.8 Å². The van der Waals surface area contributed by atoms with E-state index in [-0.39, 0.29) is 37.7 Å². The largest absolute Gasteiger partial charge is 0.657 e. The van der Waals surface area contributed by atoms with Crippen molar-refractivity contribution >= 4 is 21.5 Å². The minimum atomic E-state index is -0.178. The van der Waals surface area contributed by atoms with Gasteiger partial charge in [0.05, 0.1) is 6.10 Å². The maximum absolute atomic E-state index is 9.93. The van der Waals surface area contributed by atoms with E-state index in [1.165, 1.54) is 38.2 Å². The van der Waals surface area contributed by atoms with Crippen molar-refractivity contribution in [2.45, 2.75) is 112 Å². The average molecular weight is 743 g/mol. The second kappa shape index (κ2) is 14.6. The molecule has 1 aliphatic rings. The predicted molar refractivity (Wildman–Crippen MR) is 177 cm³/mol. The SMILES string of the molecule is CC(C)Cc1ccc2cnc3c(c2c1)C(C)(C)c1cccc2cc[c-]c-3c12.CCC(CC)C(O)CC(C)[N-]C(C)C.[Ir]. The number of aliphatic hydroxyl groups excluding tert-OH is 1. The van der Waals surface area contributed by atoms with E-state index >= 15 is 0 Å². The molecule has 0 aliphatic heterocycles. The topological polar surface area (TPSA) is 47.2 Å². The Balaban J connectivity index is 0.000000278. The van der Waals surface area contributed by atoms with Crippen LogP contribution in [0.5, 0.6) is 0 Å². The van der Waals surface area contributed by atoms with Crippen LogP contribution in [0.15, 0.2) is 54.7 Å². The van der Waals surface area contributed by atoms with Crippen LogP contribution in [0.3, 0.4) is 0 Å². The number of rotatable bonds is 9. The molecule has 0 saturated heterocycles. The molecular weight excluding hydrogens is 693 g/mol. The van der Waals surface area contributed by atoms with Crippen LogP contribution in [0.4, 0.5) is 0 Å². The first-order chi connectivity index (χ1) is 19.5.